The van der Waals surface area contributed by atoms with E-state index in [9.17, 15) is 4.79 Å². The van der Waals surface area contributed by atoms with Gasteiger partial charge in [0.05, 0.1) is 6.42 Å². The first kappa shape index (κ1) is 3.81. The van der Waals surface area contributed by atoms with Gasteiger partial charge in [-0.15, -0.1) is 0 Å². The average Bonchev–Trinajstić information content (AvgIpc) is 1.31. The largest absolute Gasteiger partial charge is 0.495 e. The molecule has 1 rings (SSSR count). The topological polar surface area (TPSA) is 23.0 Å². The van der Waals surface area contributed by atoms with Gasteiger partial charge in [0.2, 0.25) is 6.54 Å². The van der Waals surface area contributed by atoms with Crippen LogP contribution in [0.1, 0.15) is 6.42 Å². The molecule has 6 heavy (non-hydrogen) atoms. The van der Waals surface area contributed by atoms with Crippen LogP contribution >= 0.6 is 0 Å². The Balaban J connectivity index is 2.16. The summed E-state index contributed by atoms with van der Waals surface area (Å²) in [5, 5.41) is 0. The van der Waals surface area contributed by atoms with E-state index in [2.05, 4.69) is 0 Å². The first-order valence-corrected chi connectivity index (χ1v) is 1.91. The molecule has 0 atom stereocenters. The fraction of sp³-hybridized carbons (Fsp3) is 0.500. The summed E-state index contributed by atoms with van der Waals surface area (Å²) >= 11 is 0. The van der Waals surface area contributed by atoms with Crippen LogP contribution < -0.4 is 4.90 Å². The molecule has 3 radical (unpaired) electrons. The Morgan fingerprint density at radius 2 is 2.50 bits per heavy atom. The maximum absolute atomic E-state index is 9.56. The van der Waals surface area contributed by atoms with Crippen LogP contribution in [-0.2, 0) is 4.79 Å². The zero-order valence-electron chi connectivity index (χ0n) is 3.35. The SMILES string of the molecule is O=[C][N+]1[CH]CC1. The molecule has 0 aromatic heterocycles. The summed E-state index contributed by atoms with van der Waals surface area (Å²) in [5.41, 5.74) is 0. The van der Waals surface area contributed by atoms with Crippen LogP contribution in [-0.4, -0.2) is 13.0 Å². The molecule has 0 aromatic carbocycles. The molecule has 1 saturated heterocycles. The molecule has 1 heterocycles. The normalized spacial score (nSPS) is 22.7. The molecule has 1 amide bonds. The van der Waals surface area contributed by atoms with Crippen molar-refractivity contribution >= 4 is 6.41 Å². The summed E-state index contributed by atoms with van der Waals surface area (Å²) in [4.78, 5) is 11.1. The predicted octanol–water partition coefficient (Wildman–Crippen LogP) is -0.241. The molecule has 0 N–H and O–H groups in total. The average molecular weight is 83.1 g/mol. The third kappa shape index (κ3) is 0.431. The van der Waals surface area contributed by atoms with Crippen molar-refractivity contribution in [1.29, 1.82) is 0 Å². The number of likely N-dealkylation sites (tertiary alicyclic amines) is 1. The summed E-state index contributed by atoms with van der Waals surface area (Å²) in [6, 6.07) is 0. The van der Waals surface area contributed by atoms with Crippen molar-refractivity contribution in [2.24, 2.45) is 0 Å². The van der Waals surface area contributed by atoms with E-state index in [1.807, 2.05) is 6.54 Å². The van der Waals surface area contributed by atoms with Gasteiger partial charge in [-0.25, -0.2) is 4.79 Å². The molecule has 0 saturated carbocycles. The van der Waals surface area contributed by atoms with E-state index in [1.165, 1.54) is 4.90 Å². The van der Waals surface area contributed by atoms with Crippen LogP contribution in [0.25, 0.3) is 0 Å². The van der Waals surface area contributed by atoms with Crippen LogP contribution in [0.3, 0.4) is 0 Å². The highest BCUT2D eigenvalue weighted by atomic mass is 16.1. The summed E-state index contributed by atoms with van der Waals surface area (Å²) < 4.78 is 0. The Morgan fingerprint density at radius 1 is 1.83 bits per heavy atom. The summed E-state index contributed by atoms with van der Waals surface area (Å²) in [6.45, 7) is 2.68. The fourth-order valence-corrected chi connectivity index (χ4v) is 0.341. The number of hydrogen-bond donors (Lipinski definition) is 0. The number of hydrogen-bond acceptors (Lipinski definition) is 1. The predicted molar refractivity (Wildman–Crippen MR) is 21.6 cm³/mol. The van der Waals surface area contributed by atoms with Gasteiger partial charge in [-0.05, 0) is 0 Å². The fourth-order valence-electron chi connectivity index (χ4n) is 0.341. The van der Waals surface area contributed by atoms with Crippen LogP contribution in [0, 0.1) is 6.54 Å². The quantitative estimate of drug-likeness (QED) is 0.401. The van der Waals surface area contributed by atoms with Gasteiger partial charge in [-0.1, -0.05) is 4.90 Å². The molecule has 2 nitrogen and oxygen atoms in total. The number of amides is 1. The lowest BCUT2D eigenvalue weighted by Crippen LogP contribution is -2.36. The first-order chi connectivity index (χ1) is 2.93. The molecule has 0 spiro atoms. The second-order valence-corrected chi connectivity index (χ2v) is 1.26. The van der Waals surface area contributed by atoms with E-state index in [0.717, 1.165) is 13.0 Å². The van der Waals surface area contributed by atoms with Gasteiger partial charge in [0, 0.05) is 0 Å². The smallest absolute Gasteiger partial charge is 0.209 e. The van der Waals surface area contributed by atoms with E-state index < -0.39 is 0 Å². The molecule has 0 aromatic rings. The van der Waals surface area contributed by atoms with Crippen molar-refractivity contribution in [1.82, 2.24) is 4.90 Å². The Hall–Kier alpha value is -0.370. The zero-order chi connectivity index (χ0) is 4.41. The van der Waals surface area contributed by atoms with Gasteiger partial charge in [0.15, 0.2) is 0 Å². The molecule has 2 heteroatoms. The highest BCUT2D eigenvalue weighted by molar-refractivity contribution is 5.54. The molecule has 1 aliphatic rings. The first-order valence-electron chi connectivity index (χ1n) is 1.91. The minimum atomic E-state index is 0.865. The Labute approximate surface area is 36.7 Å². The molecule has 0 aliphatic carbocycles. The number of rotatable bonds is 1. The van der Waals surface area contributed by atoms with E-state index in [0.29, 0.717) is 0 Å². The van der Waals surface area contributed by atoms with Gasteiger partial charge >= 0.3 is 6.41 Å². The van der Waals surface area contributed by atoms with E-state index in [-0.39, 0.29) is 0 Å². The summed E-state index contributed by atoms with van der Waals surface area (Å²) in [7, 11) is 0. The standard InChI is InChI=1S/C4H5NO/c6-4-5-2-1-3-5/h2H,1,3H2/q+1. The van der Waals surface area contributed by atoms with Gasteiger partial charge in [-0.2, -0.15) is 0 Å². The van der Waals surface area contributed by atoms with Crippen LogP contribution in [0.2, 0.25) is 0 Å². The highest BCUT2D eigenvalue weighted by Crippen LogP contribution is 2.02. The van der Waals surface area contributed by atoms with E-state index in [4.69, 9.17) is 0 Å². The monoisotopic (exact) mass is 83.0 g/mol. The van der Waals surface area contributed by atoms with Crippen molar-refractivity contribution < 1.29 is 4.79 Å². The minimum absolute atomic E-state index is 0.865. The lowest BCUT2D eigenvalue weighted by molar-refractivity contribution is 0.447. The van der Waals surface area contributed by atoms with E-state index >= 15 is 0 Å². The minimum Gasteiger partial charge on any atom is -0.209 e. The Kier molecular flexibility index (Phi) is 0.881. The van der Waals surface area contributed by atoms with Gasteiger partial charge in [0.25, 0.3) is 0 Å². The van der Waals surface area contributed by atoms with Gasteiger partial charge < -0.3 is 0 Å². The lowest BCUT2D eigenvalue weighted by atomic mass is 10.2. The Morgan fingerprint density at radius 3 is 2.50 bits per heavy atom. The zero-order valence-corrected chi connectivity index (χ0v) is 3.35. The van der Waals surface area contributed by atoms with Crippen LogP contribution in [0.4, 0.5) is 0 Å². The van der Waals surface area contributed by atoms with Crippen molar-refractivity contribution in [2.45, 2.75) is 6.42 Å². The van der Waals surface area contributed by atoms with Gasteiger partial charge in [-0.3, -0.25) is 0 Å². The molecular weight excluding hydrogens is 78.0 g/mol. The second-order valence-electron chi connectivity index (χ2n) is 1.26. The van der Waals surface area contributed by atoms with Crippen molar-refractivity contribution in [2.75, 3.05) is 6.54 Å². The molecule has 0 unspecified atom stereocenters. The molecule has 0 bridgehead atoms. The van der Waals surface area contributed by atoms with Crippen molar-refractivity contribution in [3.8, 4) is 0 Å². The second kappa shape index (κ2) is 1.39. The summed E-state index contributed by atoms with van der Waals surface area (Å²) in [5.74, 6) is 0. The number of nitrogens with zero attached hydrogens (tertiary/aromatic N) is 1. The maximum atomic E-state index is 9.56. The summed E-state index contributed by atoms with van der Waals surface area (Å²) in [6.07, 6.45) is 2.77. The maximum Gasteiger partial charge on any atom is 0.495 e. The third-order valence-electron chi connectivity index (χ3n) is 0.837. The highest BCUT2D eigenvalue weighted by Gasteiger charge is 2.26. The Bertz CT molecular complexity index is 58.6. The van der Waals surface area contributed by atoms with Crippen LogP contribution in [0.5, 0.6) is 0 Å². The van der Waals surface area contributed by atoms with E-state index in [1.54, 1.807) is 6.41 Å². The van der Waals surface area contributed by atoms with Crippen molar-refractivity contribution in [3.63, 3.8) is 0 Å². The van der Waals surface area contributed by atoms with Crippen molar-refractivity contribution in [3.05, 3.63) is 6.54 Å². The van der Waals surface area contributed by atoms with Gasteiger partial charge in [0.1, 0.15) is 6.54 Å². The third-order valence-corrected chi connectivity index (χ3v) is 0.837. The number of carbonyl (C=O) groups excluding carboxylic acids is 1. The molecule has 1 aliphatic heterocycles. The van der Waals surface area contributed by atoms with Crippen LogP contribution in [0.15, 0.2) is 0 Å². The lowest BCUT2D eigenvalue weighted by Gasteiger charge is -2.06. The molecule has 1 fully saturated rings. The molecular formula is C4H5NO+. The molecule has 31 valence electrons.